The quantitative estimate of drug-likeness (QED) is 0.773. The van der Waals surface area contributed by atoms with Gasteiger partial charge < -0.3 is 4.74 Å². The number of benzene rings is 1. The van der Waals surface area contributed by atoms with Crippen LogP contribution in [0.25, 0.3) is 11.3 Å². The normalized spacial score (nSPS) is 10.1. The molecule has 0 atom stereocenters. The molecule has 1 aromatic carbocycles. The van der Waals surface area contributed by atoms with Crippen LogP contribution in [0, 0.1) is 0 Å². The van der Waals surface area contributed by atoms with E-state index < -0.39 is 0 Å². The molecule has 1 heterocycles. The van der Waals surface area contributed by atoms with Gasteiger partial charge in [0.1, 0.15) is 12.1 Å². The van der Waals surface area contributed by atoms with Gasteiger partial charge in [0.25, 0.3) is 0 Å². The lowest BCUT2D eigenvalue weighted by molar-refractivity contribution is 0.0936. The third kappa shape index (κ3) is 1.95. The number of imidazole rings is 1. The van der Waals surface area contributed by atoms with Crippen molar-refractivity contribution < 1.29 is 9.53 Å². The number of hydrogen-bond acceptors (Lipinski definition) is 3. The molecule has 2 rings (SSSR count). The Hall–Kier alpha value is -2.10. The van der Waals surface area contributed by atoms with E-state index in [1.54, 1.807) is 13.3 Å². The van der Waals surface area contributed by atoms with Crippen LogP contribution in [-0.4, -0.2) is 22.6 Å². The van der Waals surface area contributed by atoms with Crippen molar-refractivity contribution in [3.05, 3.63) is 36.8 Å². The molecule has 16 heavy (non-hydrogen) atoms. The van der Waals surface area contributed by atoms with Crippen LogP contribution in [-0.2, 0) is 0 Å². The molecule has 0 N–H and O–H groups in total. The van der Waals surface area contributed by atoms with Gasteiger partial charge in [-0.25, -0.2) is 4.98 Å². The number of nitrogens with zero attached hydrogens (tertiary/aromatic N) is 2. The summed E-state index contributed by atoms with van der Waals surface area (Å²) in [4.78, 5) is 15.3. The Morgan fingerprint density at radius 1 is 1.31 bits per heavy atom. The summed E-state index contributed by atoms with van der Waals surface area (Å²) < 4.78 is 6.53. The maximum atomic E-state index is 11.1. The van der Waals surface area contributed by atoms with E-state index in [4.69, 9.17) is 4.74 Å². The van der Waals surface area contributed by atoms with Crippen molar-refractivity contribution in [1.82, 2.24) is 9.55 Å². The fourth-order valence-corrected chi connectivity index (χ4v) is 1.41. The molecule has 1 aromatic heterocycles. The summed E-state index contributed by atoms with van der Waals surface area (Å²) in [6.45, 7) is 1.50. The summed E-state index contributed by atoms with van der Waals surface area (Å²) in [5.41, 5.74) is 1.73. The van der Waals surface area contributed by atoms with Crippen molar-refractivity contribution in [1.29, 1.82) is 0 Å². The van der Waals surface area contributed by atoms with Gasteiger partial charge in [-0.15, -0.1) is 0 Å². The molecule has 0 spiro atoms. The number of carbonyl (C=O) groups excluding carboxylic acids is 1. The maximum Gasteiger partial charge on any atom is 0.228 e. The van der Waals surface area contributed by atoms with Crippen molar-refractivity contribution in [2.75, 3.05) is 7.11 Å². The van der Waals surface area contributed by atoms with Gasteiger partial charge in [0, 0.05) is 18.7 Å². The molecular weight excluding hydrogens is 204 g/mol. The first-order chi connectivity index (χ1) is 7.70. The number of methoxy groups -OCH3 is 1. The number of rotatable bonds is 2. The molecule has 0 saturated heterocycles. The summed E-state index contributed by atoms with van der Waals surface area (Å²) in [6.07, 6.45) is 3.23. The van der Waals surface area contributed by atoms with E-state index in [9.17, 15) is 4.79 Å². The molecule has 0 aliphatic heterocycles. The smallest absolute Gasteiger partial charge is 0.228 e. The fraction of sp³-hybridized carbons (Fsp3) is 0.167. The standard InChI is InChI=1S/C12H12N2O2/c1-9(15)14-7-12(13-8-14)10-3-5-11(16-2)6-4-10/h3-8H,1-2H3. The molecule has 2 aromatic rings. The second-order valence-corrected chi connectivity index (χ2v) is 3.41. The van der Waals surface area contributed by atoms with Gasteiger partial charge in [-0.05, 0) is 24.3 Å². The van der Waals surface area contributed by atoms with E-state index in [1.807, 2.05) is 24.3 Å². The highest BCUT2D eigenvalue weighted by Crippen LogP contribution is 2.20. The van der Waals surface area contributed by atoms with E-state index in [0.29, 0.717) is 0 Å². The van der Waals surface area contributed by atoms with Gasteiger partial charge in [-0.1, -0.05) is 0 Å². The van der Waals surface area contributed by atoms with Crippen LogP contribution in [0.2, 0.25) is 0 Å². The Morgan fingerprint density at radius 2 is 2.00 bits per heavy atom. The zero-order valence-electron chi connectivity index (χ0n) is 9.18. The molecule has 0 aliphatic carbocycles. The van der Waals surface area contributed by atoms with Crippen LogP contribution in [0.3, 0.4) is 0 Å². The van der Waals surface area contributed by atoms with Crippen LogP contribution in [0.15, 0.2) is 36.8 Å². The van der Waals surface area contributed by atoms with Gasteiger partial charge in [-0.3, -0.25) is 9.36 Å². The monoisotopic (exact) mass is 216 g/mol. The van der Waals surface area contributed by atoms with E-state index in [-0.39, 0.29) is 5.91 Å². The highest BCUT2D eigenvalue weighted by atomic mass is 16.5. The van der Waals surface area contributed by atoms with E-state index in [0.717, 1.165) is 17.0 Å². The molecule has 0 unspecified atom stereocenters. The maximum absolute atomic E-state index is 11.1. The molecule has 0 bridgehead atoms. The Balaban J connectivity index is 2.31. The molecule has 0 saturated carbocycles. The fourth-order valence-electron chi connectivity index (χ4n) is 1.41. The zero-order chi connectivity index (χ0) is 11.5. The SMILES string of the molecule is COc1ccc(-c2cn(C(C)=O)cn2)cc1. The number of hydrogen-bond donors (Lipinski definition) is 0. The second-order valence-electron chi connectivity index (χ2n) is 3.41. The van der Waals surface area contributed by atoms with Gasteiger partial charge in [0.2, 0.25) is 5.91 Å². The Bertz CT molecular complexity index is 500. The van der Waals surface area contributed by atoms with Crippen LogP contribution >= 0.6 is 0 Å². The first-order valence-electron chi connectivity index (χ1n) is 4.90. The third-order valence-corrected chi connectivity index (χ3v) is 2.33. The minimum Gasteiger partial charge on any atom is -0.497 e. The second kappa shape index (κ2) is 4.18. The number of carbonyl (C=O) groups is 1. The summed E-state index contributed by atoms with van der Waals surface area (Å²) >= 11 is 0. The van der Waals surface area contributed by atoms with Crippen LogP contribution in [0.1, 0.15) is 11.7 Å². The first-order valence-corrected chi connectivity index (χ1v) is 4.90. The molecule has 0 aliphatic rings. The summed E-state index contributed by atoms with van der Waals surface area (Å²) in [5, 5.41) is 0. The van der Waals surface area contributed by atoms with Crippen molar-refractivity contribution in [3.63, 3.8) is 0 Å². The van der Waals surface area contributed by atoms with Crippen LogP contribution in [0.5, 0.6) is 5.75 Å². The highest BCUT2D eigenvalue weighted by molar-refractivity contribution is 5.77. The predicted octanol–water partition coefficient (Wildman–Crippen LogP) is 2.22. The minimum atomic E-state index is -0.0488. The Labute approximate surface area is 93.5 Å². The molecule has 4 heteroatoms. The van der Waals surface area contributed by atoms with Crippen molar-refractivity contribution in [3.8, 4) is 17.0 Å². The summed E-state index contributed by atoms with van der Waals surface area (Å²) in [5.74, 6) is 0.752. The zero-order valence-corrected chi connectivity index (χ0v) is 9.18. The predicted molar refractivity (Wildman–Crippen MR) is 60.5 cm³/mol. The summed E-state index contributed by atoms with van der Waals surface area (Å²) in [7, 11) is 1.62. The third-order valence-electron chi connectivity index (χ3n) is 2.33. The molecule has 0 radical (unpaired) electrons. The molecule has 0 amide bonds. The van der Waals surface area contributed by atoms with E-state index >= 15 is 0 Å². The average Bonchev–Trinajstić information content (AvgIpc) is 2.78. The Kier molecular flexibility index (Phi) is 2.72. The lowest BCUT2D eigenvalue weighted by Gasteiger charge is -2.00. The van der Waals surface area contributed by atoms with E-state index in [2.05, 4.69) is 4.98 Å². The first kappa shape index (κ1) is 10.4. The summed E-state index contributed by atoms with van der Waals surface area (Å²) in [6, 6.07) is 7.54. The Morgan fingerprint density at radius 3 is 2.50 bits per heavy atom. The van der Waals surface area contributed by atoms with Crippen LogP contribution in [0.4, 0.5) is 0 Å². The van der Waals surface area contributed by atoms with Crippen LogP contribution < -0.4 is 4.74 Å². The van der Waals surface area contributed by atoms with Crippen molar-refractivity contribution in [2.24, 2.45) is 0 Å². The van der Waals surface area contributed by atoms with Gasteiger partial charge >= 0.3 is 0 Å². The molecule has 0 fully saturated rings. The number of ether oxygens (including phenoxy) is 1. The average molecular weight is 216 g/mol. The number of aromatic nitrogens is 2. The molecular formula is C12H12N2O2. The van der Waals surface area contributed by atoms with Crippen molar-refractivity contribution in [2.45, 2.75) is 6.92 Å². The highest BCUT2D eigenvalue weighted by Gasteiger charge is 2.04. The topological polar surface area (TPSA) is 44.1 Å². The lowest BCUT2D eigenvalue weighted by Crippen LogP contribution is -2.00. The van der Waals surface area contributed by atoms with Gasteiger partial charge in [0.15, 0.2) is 0 Å². The van der Waals surface area contributed by atoms with Gasteiger partial charge in [0.05, 0.1) is 12.8 Å². The largest absolute Gasteiger partial charge is 0.497 e. The lowest BCUT2D eigenvalue weighted by atomic mass is 10.2. The minimum absolute atomic E-state index is 0.0488. The molecule has 82 valence electrons. The van der Waals surface area contributed by atoms with Crippen molar-refractivity contribution >= 4 is 5.91 Å². The van der Waals surface area contributed by atoms with E-state index in [1.165, 1.54) is 17.8 Å². The molecule has 4 nitrogen and oxygen atoms in total. The van der Waals surface area contributed by atoms with Gasteiger partial charge in [-0.2, -0.15) is 0 Å².